The fourth-order valence-electron chi connectivity index (χ4n) is 2.29. The van der Waals surface area contributed by atoms with Crippen molar-refractivity contribution >= 4 is 22.4 Å². The maximum Gasteiger partial charge on any atom is 0.229 e. The number of carbonyl (C=O) groups is 1. The molecule has 1 fully saturated rings. The summed E-state index contributed by atoms with van der Waals surface area (Å²) in [6.07, 6.45) is 3.31. The average Bonchev–Trinajstić information content (AvgIpc) is 2.86. The number of hydrogen-bond donors (Lipinski definition) is 2. The summed E-state index contributed by atoms with van der Waals surface area (Å²) in [6.45, 7) is 4.03. The highest BCUT2D eigenvalue weighted by Crippen LogP contribution is 2.32. The molecule has 3 atom stereocenters. The summed E-state index contributed by atoms with van der Waals surface area (Å²) in [7, 11) is 0. The topological polar surface area (TPSA) is 68.0 Å². The van der Waals surface area contributed by atoms with Gasteiger partial charge in [-0.3, -0.25) is 4.79 Å². The van der Waals surface area contributed by atoms with Gasteiger partial charge in [-0.1, -0.05) is 13.3 Å². The van der Waals surface area contributed by atoms with Crippen LogP contribution in [0.1, 0.15) is 44.8 Å². The third kappa shape index (κ3) is 2.84. The molecule has 3 unspecified atom stereocenters. The second kappa shape index (κ2) is 5.14. The number of thiazole rings is 1. The molecule has 1 amide bonds. The van der Waals surface area contributed by atoms with Crippen molar-refractivity contribution < 1.29 is 4.79 Å². The fourth-order valence-corrected chi connectivity index (χ4v) is 3.10. The lowest BCUT2D eigenvalue weighted by Crippen LogP contribution is -2.24. The van der Waals surface area contributed by atoms with Crippen molar-refractivity contribution in [3.63, 3.8) is 0 Å². The lowest BCUT2D eigenvalue weighted by Gasteiger charge is -2.13. The summed E-state index contributed by atoms with van der Waals surface area (Å²) in [6, 6.07) is -0.0812. The van der Waals surface area contributed by atoms with E-state index in [1.807, 2.05) is 12.3 Å². The van der Waals surface area contributed by atoms with Gasteiger partial charge in [-0.2, -0.15) is 0 Å². The van der Waals surface area contributed by atoms with Crippen molar-refractivity contribution in [3.8, 4) is 0 Å². The molecule has 2 rings (SSSR count). The predicted molar refractivity (Wildman–Crippen MR) is 69.9 cm³/mol. The first kappa shape index (κ1) is 12.5. The number of anilines is 1. The Morgan fingerprint density at radius 3 is 2.94 bits per heavy atom. The van der Waals surface area contributed by atoms with Gasteiger partial charge in [-0.15, -0.1) is 11.3 Å². The van der Waals surface area contributed by atoms with E-state index >= 15 is 0 Å². The minimum atomic E-state index is -0.0812. The van der Waals surface area contributed by atoms with Crippen molar-refractivity contribution in [2.75, 3.05) is 5.32 Å². The maximum atomic E-state index is 12.0. The van der Waals surface area contributed by atoms with Crippen molar-refractivity contribution in [3.05, 3.63) is 11.1 Å². The molecule has 1 heterocycles. The molecule has 0 spiro atoms. The zero-order valence-corrected chi connectivity index (χ0v) is 11.1. The molecule has 1 aromatic heterocycles. The minimum Gasteiger partial charge on any atom is -0.323 e. The third-order valence-electron chi connectivity index (χ3n) is 3.42. The van der Waals surface area contributed by atoms with Crippen molar-refractivity contribution in [1.29, 1.82) is 0 Å². The number of nitrogens with one attached hydrogen (secondary N) is 1. The number of rotatable bonds is 3. The normalized spacial score (nSPS) is 25.8. The molecular formula is C12H19N3OS. The van der Waals surface area contributed by atoms with Crippen LogP contribution >= 0.6 is 11.3 Å². The molecule has 1 aliphatic rings. The molecule has 0 aromatic carbocycles. The summed E-state index contributed by atoms with van der Waals surface area (Å²) in [4.78, 5) is 16.3. The zero-order chi connectivity index (χ0) is 12.4. The monoisotopic (exact) mass is 253 g/mol. The van der Waals surface area contributed by atoms with Crippen molar-refractivity contribution in [2.24, 2.45) is 17.6 Å². The van der Waals surface area contributed by atoms with Crippen LogP contribution in [0.3, 0.4) is 0 Å². The highest BCUT2D eigenvalue weighted by Gasteiger charge is 2.30. The first-order chi connectivity index (χ1) is 8.08. The molecule has 1 aliphatic carbocycles. The van der Waals surface area contributed by atoms with Crippen LogP contribution in [0.4, 0.5) is 5.13 Å². The van der Waals surface area contributed by atoms with Gasteiger partial charge in [-0.25, -0.2) is 4.98 Å². The smallest absolute Gasteiger partial charge is 0.229 e. The Balaban J connectivity index is 1.97. The number of hydrogen-bond acceptors (Lipinski definition) is 4. The van der Waals surface area contributed by atoms with E-state index in [4.69, 9.17) is 5.73 Å². The van der Waals surface area contributed by atoms with Gasteiger partial charge in [0.15, 0.2) is 5.13 Å². The van der Waals surface area contributed by atoms with E-state index in [1.165, 1.54) is 11.3 Å². The summed E-state index contributed by atoms with van der Waals surface area (Å²) in [5.74, 6) is 0.751. The lowest BCUT2D eigenvalue weighted by molar-refractivity contribution is -0.120. The van der Waals surface area contributed by atoms with Crippen LogP contribution in [-0.2, 0) is 4.79 Å². The quantitative estimate of drug-likeness (QED) is 0.869. The molecule has 3 N–H and O–H groups in total. The van der Waals surface area contributed by atoms with Crippen LogP contribution < -0.4 is 11.1 Å². The van der Waals surface area contributed by atoms with Crippen LogP contribution in [0.15, 0.2) is 5.38 Å². The van der Waals surface area contributed by atoms with E-state index in [-0.39, 0.29) is 17.9 Å². The van der Waals surface area contributed by atoms with Gasteiger partial charge in [0.1, 0.15) is 0 Å². The predicted octanol–water partition coefficient (Wildman–Crippen LogP) is 2.54. The van der Waals surface area contributed by atoms with E-state index in [1.54, 1.807) is 0 Å². The Labute approximate surface area is 106 Å². The lowest BCUT2D eigenvalue weighted by atomic mass is 9.97. The molecule has 5 heteroatoms. The molecule has 1 aromatic rings. The molecule has 1 saturated carbocycles. The summed E-state index contributed by atoms with van der Waals surface area (Å²) < 4.78 is 0. The number of aromatic nitrogens is 1. The molecule has 0 saturated heterocycles. The van der Waals surface area contributed by atoms with E-state index < -0.39 is 0 Å². The highest BCUT2D eigenvalue weighted by atomic mass is 32.1. The summed E-state index contributed by atoms with van der Waals surface area (Å²) >= 11 is 1.44. The SMILES string of the molecule is CC(N)c1csc(NC(=O)C2CCCC2C)n1. The Morgan fingerprint density at radius 1 is 1.65 bits per heavy atom. The second-order valence-corrected chi connectivity index (χ2v) is 5.73. The third-order valence-corrected chi connectivity index (χ3v) is 4.19. The Morgan fingerprint density at radius 2 is 2.41 bits per heavy atom. The van der Waals surface area contributed by atoms with Gasteiger partial charge >= 0.3 is 0 Å². The van der Waals surface area contributed by atoms with Gasteiger partial charge in [0, 0.05) is 17.3 Å². The van der Waals surface area contributed by atoms with Crippen LogP contribution in [0.2, 0.25) is 0 Å². The van der Waals surface area contributed by atoms with Crippen molar-refractivity contribution in [1.82, 2.24) is 4.98 Å². The molecule has 94 valence electrons. The van der Waals surface area contributed by atoms with Crippen molar-refractivity contribution in [2.45, 2.75) is 39.2 Å². The van der Waals surface area contributed by atoms with Gasteiger partial charge in [0.2, 0.25) is 5.91 Å². The zero-order valence-electron chi connectivity index (χ0n) is 10.3. The van der Waals surface area contributed by atoms with E-state index in [0.29, 0.717) is 11.0 Å². The Hall–Kier alpha value is -0.940. The molecule has 0 aliphatic heterocycles. The number of amides is 1. The number of carbonyl (C=O) groups excluding carboxylic acids is 1. The maximum absolute atomic E-state index is 12.0. The molecule has 4 nitrogen and oxygen atoms in total. The van der Waals surface area contributed by atoms with Gasteiger partial charge in [-0.05, 0) is 25.7 Å². The first-order valence-electron chi connectivity index (χ1n) is 6.10. The van der Waals surface area contributed by atoms with Gasteiger partial charge in [0.05, 0.1) is 5.69 Å². The van der Waals surface area contributed by atoms with Crippen LogP contribution in [0, 0.1) is 11.8 Å². The Kier molecular flexibility index (Phi) is 3.79. The standard InChI is InChI=1S/C12H19N3OS/c1-7-4-3-5-9(7)11(16)15-12-14-10(6-17-12)8(2)13/h6-9H,3-5,13H2,1-2H3,(H,14,15,16). The molecular weight excluding hydrogens is 234 g/mol. The average molecular weight is 253 g/mol. The second-order valence-electron chi connectivity index (χ2n) is 4.87. The Bertz CT molecular complexity index is 402. The largest absolute Gasteiger partial charge is 0.323 e. The molecule has 0 radical (unpaired) electrons. The van der Waals surface area contributed by atoms with E-state index in [0.717, 1.165) is 25.0 Å². The highest BCUT2D eigenvalue weighted by molar-refractivity contribution is 7.13. The minimum absolute atomic E-state index is 0.0812. The summed E-state index contributed by atoms with van der Waals surface area (Å²) in [5, 5.41) is 5.47. The fraction of sp³-hybridized carbons (Fsp3) is 0.667. The van der Waals surface area contributed by atoms with Crippen LogP contribution in [0.25, 0.3) is 0 Å². The molecule has 17 heavy (non-hydrogen) atoms. The first-order valence-corrected chi connectivity index (χ1v) is 6.97. The van der Waals surface area contributed by atoms with Crippen LogP contribution in [-0.4, -0.2) is 10.9 Å². The number of nitrogens with two attached hydrogens (primary N) is 1. The number of nitrogens with zero attached hydrogens (tertiary/aromatic N) is 1. The van der Waals surface area contributed by atoms with Gasteiger partial charge < -0.3 is 11.1 Å². The van der Waals surface area contributed by atoms with Gasteiger partial charge in [0.25, 0.3) is 0 Å². The van der Waals surface area contributed by atoms with E-state index in [9.17, 15) is 4.79 Å². The van der Waals surface area contributed by atoms with E-state index in [2.05, 4.69) is 17.2 Å². The molecule has 0 bridgehead atoms. The van der Waals surface area contributed by atoms with Crippen LogP contribution in [0.5, 0.6) is 0 Å². The summed E-state index contributed by atoms with van der Waals surface area (Å²) in [5.41, 5.74) is 6.57.